The van der Waals surface area contributed by atoms with Gasteiger partial charge in [-0.3, -0.25) is 4.79 Å². The van der Waals surface area contributed by atoms with Crippen LogP contribution in [-0.2, 0) is 14.8 Å². The SMILES string of the molecule is CC(NS(=O)(=O)CC(=O)O)c1ccc2[nH]c(=O)[nH]c2c1. The van der Waals surface area contributed by atoms with Crippen LogP contribution in [0.5, 0.6) is 0 Å². The van der Waals surface area contributed by atoms with E-state index in [0.29, 0.717) is 16.6 Å². The third-order valence-electron chi connectivity index (χ3n) is 2.71. The van der Waals surface area contributed by atoms with Gasteiger partial charge in [-0.15, -0.1) is 0 Å². The average Bonchev–Trinajstić information content (AvgIpc) is 2.64. The molecule has 1 unspecified atom stereocenters. The lowest BCUT2D eigenvalue weighted by Gasteiger charge is -2.13. The predicted octanol–water partition coefficient (Wildman–Crippen LogP) is -0.0788. The number of carboxylic acid groups (broad SMARTS) is 1. The van der Waals surface area contributed by atoms with Crippen molar-refractivity contribution in [1.82, 2.24) is 14.7 Å². The second-order valence-corrected chi connectivity index (χ2v) is 6.13. The van der Waals surface area contributed by atoms with Crippen LogP contribution in [0, 0.1) is 0 Å². The van der Waals surface area contributed by atoms with Crippen LogP contribution >= 0.6 is 0 Å². The van der Waals surface area contributed by atoms with Crippen molar-refractivity contribution in [2.75, 3.05) is 5.75 Å². The molecular weight excluding hydrogens is 286 g/mol. The van der Waals surface area contributed by atoms with Gasteiger partial charge in [0.15, 0.2) is 5.75 Å². The number of sulfonamides is 1. The summed E-state index contributed by atoms with van der Waals surface area (Å²) in [5, 5.41) is 8.51. The largest absolute Gasteiger partial charge is 0.480 e. The number of H-pyrrole nitrogens is 2. The van der Waals surface area contributed by atoms with E-state index in [2.05, 4.69) is 14.7 Å². The van der Waals surface area contributed by atoms with E-state index in [0.717, 1.165) is 0 Å². The minimum Gasteiger partial charge on any atom is -0.480 e. The molecular formula is C11H13N3O5S. The number of benzene rings is 1. The van der Waals surface area contributed by atoms with Crippen LogP contribution in [0.4, 0.5) is 0 Å². The van der Waals surface area contributed by atoms with Gasteiger partial charge in [-0.05, 0) is 24.6 Å². The van der Waals surface area contributed by atoms with Gasteiger partial charge in [0, 0.05) is 6.04 Å². The molecule has 9 heteroatoms. The predicted molar refractivity (Wildman–Crippen MR) is 71.9 cm³/mol. The molecule has 0 bridgehead atoms. The molecule has 2 aromatic rings. The first-order chi connectivity index (χ1) is 9.27. The number of aromatic amines is 2. The quantitative estimate of drug-likeness (QED) is 0.613. The summed E-state index contributed by atoms with van der Waals surface area (Å²) in [7, 11) is -3.91. The van der Waals surface area contributed by atoms with E-state index in [-0.39, 0.29) is 5.69 Å². The van der Waals surface area contributed by atoms with Crippen LogP contribution in [-0.4, -0.2) is 35.2 Å². The monoisotopic (exact) mass is 299 g/mol. The number of imidazole rings is 1. The topological polar surface area (TPSA) is 132 Å². The Morgan fingerprint density at radius 1 is 1.35 bits per heavy atom. The van der Waals surface area contributed by atoms with Crippen molar-refractivity contribution < 1.29 is 18.3 Å². The summed E-state index contributed by atoms with van der Waals surface area (Å²) in [4.78, 5) is 26.7. The number of aromatic nitrogens is 2. The van der Waals surface area contributed by atoms with Gasteiger partial charge in [-0.25, -0.2) is 17.9 Å². The van der Waals surface area contributed by atoms with Crippen molar-refractivity contribution in [3.63, 3.8) is 0 Å². The van der Waals surface area contributed by atoms with Gasteiger partial charge in [0.05, 0.1) is 11.0 Å². The van der Waals surface area contributed by atoms with Crippen LogP contribution in [0.15, 0.2) is 23.0 Å². The van der Waals surface area contributed by atoms with Gasteiger partial charge in [0.2, 0.25) is 10.0 Å². The number of hydrogen-bond acceptors (Lipinski definition) is 4. The van der Waals surface area contributed by atoms with E-state index >= 15 is 0 Å². The number of fused-ring (bicyclic) bond motifs is 1. The molecule has 0 saturated heterocycles. The molecule has 0 aliphatic heterocycles. The molecule has 0 aliphatic carbocycles. The van der Waals surface area contributed by atoms with E-state index in [1.54, 1.807) is 25.1 Å². The lowest BCUT2D eigenvalue weighted by molar-refractivity contribution is -0.134. The third kappa shape index (κ3) is 3.25. The van der Waals surface area contributed by atoms with Crippen molar-refractivity contribution in [3.05, 3.63) is 34.2 Å². The number of hydrogen-bond donors (Lipinski definition) is 4. The third-order valence-corrected chi connectivity index (χ3v) is 4.05. The summed E-state index contributed by atoms with van der Waals surface area (Å²) >= 11 is 0. The second kappa shape index (κ2) is 5.10. The summed E-state index contributed by atoms with van der Waals surface area (Å²) in [6, 6.07) is 4.31. The fourth-order valence-corrected chi connectivity index (χ4v) is 2.94. The van der Waals surface area contributed by atoms with Gasteiger partial charge >= 0.3 is 11.7 Å². The molecule has 1 heterocycles. The molecule has 0 radical (unpaired) electrons. The Hall–Kier alpha value is -2.13. The van der Waals surface area contributed by atoms with E-state index in [4.69, 9.17) is 5.11 Å². The van der Waals surface area contributed by atoms with E-state index in [1.807, 2.05) is 0 Å². The fraction of sp³-hybridized carbons (Fsp3) is 0.273. The van der Waals surface area contributed by atoms with Gasteiger partial charge in [0.25, 0.3) is 0 Å². The lowest BCUT2D eigenvalue weighted by atomic mass is 10.1. The number of carbonyl (C=O) groups is 1. The molecule has 1 aromatic carbocycles. The number of carboxylic acids is 1. The number of rotatable bonds is 5. The zero-order chi connectivity index (χ0) is 14.9. The van der Waals surface area contributed by atoms with Crippen LogP contribution in [0.1, 0.15) is 18.5 Å². The van der Waals surface area contributed by atoms with Crippen molar-refractivity contribution in [2.24, 2.45) is 0 Å². The van der Waals surface area contributed by atoms with Crippen LogP contribution < -0.4 is 10.4 Å². The van der Waals surface area contributed by atoms with E-state index < -0.39 is 27.8 Å². The first-order valence-electron chi connectivity index (χ1n) is 5.70. The Kier molecular flexibility index (Phi) is 3.64. The molecule has 4 N–H and O–H groups in total. The zero-order valence-corrected chi connectivity index (χ0v) is 11.3. The number of nitrogens with one attached hydrogen (secondary N) is 3. The lowest BCUT2D eigenvalue weighted by Crippen LogP contribution is -2.32. The Labute approximate surface area is 113 Å². The summed E-state index contributed by atoms with van der Waals surface area (Å²) in [5.74, 6) is -2.41. The highest BCUT2D eigenvalue weighted by molar-refractivity contribution is 7.90. The fourth-order valence-electron chi connectivity index (χ4n) is 1.86. The molecule has 20 heavy (non-hydrogen) atoms. The van der Waals surface area contributed by atoms with Crippen molar-refractivity contribution in [2.45, 2.75) is 13.0 Å². The zero-order valence-electron chi connectivity index (χ0n) is 10.5. The molecule has 8 nitrogen and oxygen atoms in total. The summed E-state index contributed by atoms with van der Waals surface area (Å²) in [6.07, 6.45) is 0. The maximum Gasteiger partial charge on any atom is 0.323 e. The summed E-state index contributed by atoms with van der Waals surface area (Å²) < 4.78 is 25.3. The Bertz CT molecular complexity index is 805. The maximum absolute atomic E-state index is 11.5. The second-order valence-electron chi connectivity index (χ2n) is 4.38. The van der Waals surface area contributed by atoms with Crippen LogP contribution in [0.3, 0.4) is 0 Å². The minimum atomic E-state index is -3.91. The molecule has 1 atom stereocenters. The summed E-state index contributed by atoms with van der Waals surface area (Å²) in [5.41, 5.74) is 1.43. The molecule has 0 amide bonds. The Morgan fingerprint density at radius 3 is 2.65 bits per heavy atom. The van der Waals surface area contributed by atoms with Gasteiger partial charge in [-0.1, -0.05) is 6.07 Å². The van der Waals surface area contributed by atoms with Crippen molar-refractivity contribution >= 4 is 27.0 Å². The van der Waals surface area contributed by atoms with E-state index in [1.165, 1.54) is 0 Å². The molecule has 0 fully saturated rings. The smallest absolute Gasteiger partial charge is 0.323 e. The first kappa shape index (κ1) is 14.3. The summed E-state index contributed by atoms with van der Waals surface area (Å²) in [6.45, 7) is 1.59. The van der Waals surface area contributed by atoms with Crippen molar-refractivity contribution in [3.8, 4) is 0 Å². The highest BCUT2D eigenvalue weighted by Crippen LogP contribution is 2.17. The van der Waals surface area contributed by atoms with E-state index in [9.17, 15) is 18.0 Å². The van der Waals surface area contributed by atoms with Crippen LogP contribution in [0.25, 0.3) is 11.0 Å². The van der Waals surface area contributed by atoms with Crippen molar-refractivity contribution in [1.29, 1.82) is 0 Å². The minimum absolute atomic E-state index is 0.351. The van der Waals surface area contributed by atoms with Gasteiger partial charge in [-0.2, -0.15) is 0 Å². The molecule has 0 aliphatic rings. The average molecular weight is 299 g/mol. The maximum atomic E-state index is 11.5. The van der Waals surface area contributed by atoms with Gasteiger partial charge < -0.3 is 15.1 Å². The molecule has 2 rings (SSSR count). The number of aliphatic carboxylic acids is 1. The molecule has 0 spiro atoms. The molecule has 108 valence electrons. The standard InChI is InChI=1S/C11H13N3O5S/c1-6(14-20(18,19)5-10(15)16)7-2-3-8-9(4-7)13-11(17)12-8/h2-4,6,14H,5H2,1H3,(H,15,16)(H2,12,13,17). The molecule has 1 aromatic heterocycles. The normalized spacial score (nSPS) is 13.4. The van der Waals surface area contributed by atoms with Gasteiger partial charge in [0.1, 0.15) is 0 Å². The van der Waals surface area contributed by atoms with Crippen LogP contribution in [0.2, 0.25) is 0 Å². The first-order valence-corrected chi connectivity index (χ1v) is 7.36. The Morgan fingerprint density at radius 2 is 2.00 bits per heavy atom. The highest BCUT2D eigenvalue weighted by atomic mass is 32.2. The highest BCUT2D eigenvalue weighted by Gasteiger charge is 2.19. The molecule has 0 saturated carbocycles. The Balaban J connectivity index is 2.24.